The summed E-state index contributed by atoms with van der Waals surface area (Å²) in [6, 6.07) is 20.8. The van der Waals surface area contributed by atoms with Gasteiger partial charge < -0.3 is 9.84 Å². The minimum absolute atomic E-state index is 0.133. The second-order valence-electron chi connectivity index (χ2n) is 6.49. The van der Waals surface area contributed by atoms with E-state index in [-0.39, 0.29) is 12.3 Å². The maximum absolute atomic E-state index is 12.3. The van der Waals surface area contributed by atoms with Crippen molar-refractivity contribution in [3.05, 3.63) is 96.1 Å². The molecule has 0 saturated carbocycles. The third-order valence-corrected chi connectivity index (χ3v) is 4.24. The highest BCUT2D eigenvalue weighted by atomic mass is 16.5. The minimum atomic E-state index is -0.133. The van der Waals surface area contributed by atoms with E-state index in [0.717, 1.165) is 16.7 Å². The lowest BCUT2D eigenvalue weighted by Gasteiger charge is -2.04. The third kappa shape index (κ3) is 5.18. The Labute approximate surface area is 174 Å². The summed E-state index contributed by atoms with van der Waals surface area (Å²) >= 11 is 0. The van der Waals surface area contributed by atoms with Crippen molar-refractivity contribution in [2.75, 3.05) is 5.32 Å². The van der Waals surface area contributed by atoms with Crippen LogP contribution in [0.1, 0.15) is 23.4 Å². The lowest BCUT2D eigenvalue weighted by molar-refractivity contribution is -0.116. The normalized spacial score (nSPS) is 10.1. The lowest BCUT2D eigenvalue weighted by atomic mass is 10.1. The number of rotatable bonds is 5. The van der Waals surface area contributed by atoms with Gasteiger partial charge in [0.1, 0.15) is 0 Å². The largest absolute Gasteiger partial charge is 0.339 e. The molecule has 6 heteroatoms. The summed E-state index contributed by atoms with van der Waals surface area (Å²) < 4.78 is 5.23. The molecule has 2 aromatic carbocycles. The summed E-state index contributed by atoms with van der Waals surface area (Å²) in [5.74, 6) is 6.99. The number of carbonyl (C=O) groups excluding carboxylic acids is 1. The molecule has 4 aromatic rings. The van der Waals surface area contributed by atoms with Gasteiger partial charge in [-0.1, -0.05) is 41.3 Å². The van der Waals surface area contributed by atoms with Crippen molar-refractivity contribution in [1.82, 2.24) is 15.1 Å². The van der Waals surface area contributed by atoms with Crippen LogP contribution in [0.15, 0.2) is 83.6 Å². The predicted molar refractivity (Wildman–Crippen MR) is 113 cm³/mol. The van der Waals surface area contributed by atoms with E-state index < -0.39 is 0 Å². The number of hydrogen-bond acceptors (Lipinski definition) is 5. The van der Waals surface area contributed by atoms with Crippen LogP contribution < -0.4 is 5.32 Å². The number of benzene rings is 2. The monoisotopic (exact) mass is 394 g/mol. The number of hydrogen-bond donors (Lipinski definition) is 1. The van der Waals surface area contributed by atoms with E-state index in [4.69, 9.17) is 4.52 Å². The lowest BCUT2D eigenvalue weighted by Crippen LogP contribution is -2.12. The van der Waals surface area contributed by atoms with Crippen LogP contribution in [-0.4, -0.2) is 21.0 Å². The summed E-state index contributed by atoms with van der Waals surface area (Å²) in [5, 5.41) is 6.83. The first-order valence-corrected chi connectivity index (χ1v) is 9.46. The van der Waals surface area contributed by atoms with Crippen molar-refractivity contribution in [1.29, 1.82) is 0 Å². The van der Waals surface area contributed by atoms with E-state index in [2.05, 4.69) is 32.3 Å². The average Bonchev–Trinajstić information content (AvgIpc) is 3.27. The van der Waals surface area contributed by atoms with Gasteiger partial charge in [-0.15, -0.1) is 0 Å². The fraction of sp³-hybridized carbons (Fsp3) is 0.0833. The summed E-state index contributed by atoms with van der Waals surface area (Å²) in [6.45, 7) is 0. The highest BCUT2D eigenvalue weighted by molar-refractivity contribution is 5.90. The zero-order chi connectivity index (χ0) is 20.6. The Hall–Kier alpha value is -4.24. The predicted octanol–water partition coefficient (Wildman–Crippen LogP) is 4.10. The van der Waals surface area contributed by atoms with Gasteiger partial charge in [0.15, 0.2) is 0 Å². The molecule has 6 nitrogen and oxygen atoms in total. The van der Waals surface area contributed by atoms with Crippen molar-refractivity contribution < 1.29 is 9.32 Å². The van der Waals surface area contributed by atoms with Crippen LogP contribution >= 0.6 is 0 Å². The molecule has 0 aliphatic rings. The zero-order valence-corrected chi connectivity index (χ0v) is 16.1. The molecule has 0 radical (unpaired) electrons. The van der Waals surface area contributed by atoms with Crippen LogP contribution in [-0.2, 0) is 11.2 Å². The topological polar surface area (TPSA) is 80.9 Å². The molecular weight excluding hydrogens is 376 g/mol. The fourth-order valence-corrected chi connectivity index (χ4v) is 2.76. The number of carbonyl (C=O) groups is 1. The van der Waals surface area contributed by atoms with E-state index in [0.29, 0.717) is 23.8 Å². The Kier molecular flexibility index (Phi) is 5.92. The van der Waals surface area contributed by atoms with Crippen molar-refractivity contribution in [2.24, 2.45) is 0 Å². The molecule has 0 spiro atoms. The Bertz CT molecular complexity index is 1190. The molecule has 2 heterocycles. The zero-order valence-electron chi connectivity index (χ0n) is 16.1. The number of aryl methyl sites for hydroxylation is 1. The number of nitrogens with one attached hydrogen (secondary N) is 1. The molecular formula is C24H18N4O2. The smallest absolute Gasteiger partial charge is 0.227 e. The summed E-state index contributed by atoms with van der Waals surface area (Å²) in [4.78, 5) is 20.6. The fourth-order valence-electron chi connectivity index (χ4n) is 2.76. The molecule has 4 rings (SSSR count). The second-order valence-corrected chi connectivity index (χ2v) is 6.49. The molecule has 1 amide bonds. The van der Waals surface area contributed by atoms with Crippen molar-refractivity contribution in [2.45, 2.75) is 12.8 Å². The summed E-state index contributed by atoms with van der Waals surface area (Å²) in [7, 11) is 0. The Morgan fingerprint density at radius 2 is 1.70 bits per heavy atom. The van der Waals surface area contributed by atoms with E-state index in [1.54, 1.807) is 24.5 Å². The SMILES string of the molecule is O=C(CCc1nc(-c2ccncc2)no1)Nc1cccc(C#Cc2ccccc2)c1. The van der Waals surface area contributed by atoms with Crippen molar-refractivity contribution in [3.8, 4) is 23.2 Å². The highest BCUT2D eigenvalue weighted by Gasteiger charge is 2.11. The van der Waals surface area contributed by atoms with Gasteiger partial charge >= 0.3 is 0 Å². The number of amides is 1. The first-order chi connectivity index (χ1) is 14.8. The van der Waals surface area contributed by atoms with Crippen LogP contribution in [0.2, 0.25) is 0 Å². The number of nitrogens with zero attached hydrogens (tertiary/aromatic N) is 3. The molecule has 0 fully saturated rings. The Balaban J connectivity index is 1.34. The first-order valence-electron chi connectivity index (χ1n) is 9.46. The maximum atomic E-state index is 12.3. The first kappa shape index (κ1) is 19.1. The van der Waals surface area contributed by atoms with Crippen LogP contribution in [0.3, 0.4) is 0 Å². The molecule has 0 aliphatic carbocycles. The van der Waals surface area contributed by atoms with Crippen LogP contribution in [0, 0.1) is 11.8 Å². The average molecular weight is 394 g/mol. The second kappa shape index (κ2) is 9.30. The molecule has 2 aromatic heterocycles. The van der Waals surface area contributed by atoms with Crippen molar-refractivity contribution in [3.63, 3.8) is 0 Å². The molecule has 0 saturated heterocycles. The van der Waals surface area contributed by atoms with Gasteiger partial charge in [-0.05, 0) is 42.5 Å². The standard InChI is InChI=1S/C24H18N4O2/c29-22(11-12-23-27-24(28-30-23)20-13-15-25-16-14-20)26-21-8-4-7-19(17-21)10-9-18-5-2-1-3-6-18/h1-8,13-17H,11-12H2,(H,26,29). The molecule has 146 valence electrons. The van der Waals surface area contributed by atoms with E-state index >= 15 is 0 Å². The summed E-state index contributed by atoms with van der Waals surface area (Å²) in [6.07, 6.45) is 3.92. The molecule has 0 bridgehead atoms. The number of pyridine rings is 1. The molecule has 30 heavy (non-hydrogen) atoms. The maximum Gasteiger partial charge on any atom is 0.227 e. The highest BCUT2D eigenvalue weighted by Crippen LogP contribution is 2.15. The van der Waals surface area contributed by atoms with Crippen LogP contribution in [0.25, 0.3) is 11.4 Å². The Morgan fingerprint density at radius 1 is 0.933 bits per heavy atom. The molecule has 1 N–H and O–H groups in total. The molecule has 0 unspecified atom stereocenters. The van der Waals surface area contributed by atoms with Gasteiger partial charge in [0.2, 0.25) is 17.6 Å². The summed E-state index contributed by atoms with van der Waals surface area (Å²) in [5.41, 5.74) is 3.29. The van der Waals surface area contributed by atoms with Gasteiger partial charge in [0, 0.05) is 47.6 Å². The van der Waals surface area contributed by atoms with Gasteiger partial charge in [-0.3, -0.25) is 9.78 Å². The Morgan fingerprint density at radius 3 is 2.53 bits per heavy atom. The number of aromatic nitrogens is 3. The van der Waals surface area contributed by atoms with E-state index in [1.807, 2.05) is 54.6 Å². The van der Waals surface area contributed by atoms with Crippen LogP contribution in [0.5, 0.6) is 0 Å². The minimum Gasteiger partial charge on any atom is -0.339 e. The van der Waals surface area contributed by atoms with E-state index in [1.165, 1.54) is 0 Å². The molecule has 0 atom stereocenters. The van der Waals surface area contributed by atoms with Gasteiger partial charge in [0.25, 0.3) is 0 Å². The van der Waals surface area contributed by atoms with Gasteiger partial charge in [0.05, 0.1) is 0 Å². The van der Waals surface area contributed by atoms with Gasteiger partial charge in [-0.2, -0.15) is 4.98 Å². The van der Waals surface area contributed by atoms with E-state index in [9.17, 15) is 4.79 Å². The van der Waals surface area contributed by atoms with Crippen molar-refractivity contribution >= 4 is 11.6 Å². The van der Waals surface area contributed by atoms with Gasteiger partial charge in [-0.25, -0.2) is 0 Å². The number of anilines is 1. The molecule has 0 aliphatic heterocycles. The van der Waals surface area contributed by atoms with Crippen LogP contribution in [0.4, 0.5) is 5.69 Å². The quantitative estimate of drug-likeness (QED) is 0.516. The third-order valence-electron chi connectivity index (χ3n) is 4.24.